The number of phenols is 1. The number of aromatic hydroxyl groups is 1. The van der Waals surface area contributed by atoms with Crippen molar-refractivity contribution in [2.24, 2.45) is 5.41 Å². The van der Waals surface area contributed by atoms with Gasteiger partial charge in [0.1, 0.15) is 27.7 Å². The minimum atomic E-state index is -2.09. The molecule has 0 spiro atoms. The van der Waals surface area contributed by atoms with Crippen LogP contribution in [0.2, 0.25) is 26.2 Å². The van der Waals surface area contributed by atoms with Crippen LogP contribution >= 0.6 is 0 Å². The van der Waals surface area contributed by atoms with Gasteiger partial charge in [0.25, 0.3) is 0 Å². The maximum Gasteiger partial charge on any atom is 0.147 e. The highest BCUT2D eigenvalue weighted by Crippen LogP contribution is 2.45. The fraction of sp³-hybridized carbons (Fsp3) is 0.250. The first-order valence-electron chi connectivity index (χ1n) is 18.8. The molecule has 1 aromatic heterocycles. The van der Waals surface area contributed by atoms with Gasteiger partial charge in [-0.1, -0.05) is 179 Å². The largest absolute Gasteiger partial charge is 0.505 e. The number of aromatic nitrogens is 1. The molecular formula is C48H52FNOSi2. The van der Waals surface area contributed by atoms with Crippen molar-refractivity contribution < 1.29 is 9.50 Å². The molecule has 0 aliphatic rings. The number of nitrogens with zero attached hydrogens (tertiary/aromatic N) is 1. The zero-order valence-electron chi connectivity index (χ0n) is 32.7. The van der Waals surface area contributed by atoms with E-state index in [1.807, 2.05) is 6.07 Å². The molecular weight excluding hydrogens is 682 g/mol. The average Bonchev–Trinajstić information content (AvgIpc) is 3.44. The van der Waals surface area contributed by atoms with Gasteiger partial charge in [0, 0.05) is 16.3 Å². The summed E-state index contributed by atoms with van der Waals surface area (Å²) in [5.74, 6) is -0.171. The van der Waals surface area contributed by atoms with E-state index in [0.717, 1.165) is 39.5 Å². The zero-order chi connectivity index (χ0) is 37.9. The molecule has 53 heavy (non-hydrogen) atoms. The number of halogens is 1. The van der Waals surface area contributed by atoms with Gasteiger partial charge in [-0.2, -0.15) is 0 Å². The summed E-state index contributed by atoms with van der Waals surface area (Å²) >= 11 is 0. The van der Waals surface area contributed by atoms with Crippen LogP contribution < -0.4 is 20.7 Å². The summed E-state index contributed by atoms with van der Waals surface area (Å²) in [6, 6.07) is 46.6. The van der Waals surface area contributed by atoms with Gasteiger partial charge in [-0.25, -0.2) is 4.39 Å². The maximum absolute atomic E-state index is 14.8. The van der Waals surface area contributed by atoms with E-state index in [-0.39, 0.29) is 22.4 Å². The molecule has 2 nitrogen and oxygen atoms in total. The molecule has 6 aromatic carbocycles. The minimum absolute atomic E-state index is 0.0680. The Bertz CT molecular complexity index is 2350. The summed E-state index contributed by atoms with van der Waals surface area (Å²) in [6.07, 6.45) is 0.933. The molecule has 0 aliphatic heterocycles. The molecule has 0 unspecified atom stereocenters. The minimum Gasteiger partial charge on any atom is -0.505 e. The third kappa shape index (κ3) is 6.81. The number of fused-ring (bicyclic) bond motifs is 3. The van der Waals surface area contributed by atoms with Crippen LogP contribution in [0.3, 0.4) is 0 Å². The van der Waals surface area contributed by atoms with E-state index < -0.39 is 16.1 Å². The SMILES string of the molecule is CC(C)(C)CC(C)(C)c1cc(-c2cccc(F)c2)c(O)c(-n2c3cc([Si](C)(C)c4ccccc4)ccc3c3ccc([Si](C)(C)c4ccccc4)cc32)c1. The molecule has 0 amide bonds. The predicted molar refractivity (Wildman–Crippen MR) is 231 cm³/mol. The van der Waals surface area contributed by atoms with Crippen molar-refractivity contribution >= 4 is 58.7 Å². The van der Waals surface area contributed by atoms with Crippen molar-refractivity contribution in [2.75, 3.05) is 0 Å². The van der Waals surface area contributed by atoms with Crippen LogP contribution in [0, 0.1) is 11.2 Å². The second kappa shape index (κ2) is 13.3. The van der Waals surface area contributed by atoms with Gasteiger partial charge in [0.05, 0.1) is 16.7 Å². The number of rotatable bonds is 8. The van der Waals surface area contributed by atoms with Crippen molar-refractivity contribution in [3.05, 3.63) is 145 Å². The molecule has 0 fully saturated rings. The van der Waals surface area contributed by atoms with Crippen molar-refractivity contribution in [2.45, 2.75) is 72.6 Å². The van der Waals surface area contributed by atoms with E-state index in [9.17, 15) is 9.50 Å². The van der Waals surface area contributed by atoms with E-state index in [0.29, 0.717) is 11.1 Å². The normalized spacial score (nSPS) is 12.9. The molecule has 7 rings (SSSR count). The first-order chi connectivity index (χ1) is 25.0. The highest BCUT2D eigenvalue weighted by Gasteiger charge is 2.32. The van der Waals surface area contributed by atoms with Crippen LogP contribution in [-0.4, -0.2) is 25.8 Å². The van der Waals surface area contributed by atoms with Gasteiger partial charge in [-0.15, -0.1) is 0 Å². The Morgan fingerprint density at radius 1 is 0.566 bits per heavy atom. The molecule has 0 bridgehead atoms. The van der Waals surface area contributed by atoms with Crippen LogP contribution in [0.4, 0.5) is 4.39 Å². The predicted octanol–water partition coefficient (Wildman–Crippen LogP) is 10.7. The standard InChI is InChI=1S/C48H52FNOSi2/c1-47(2,3)32-48(4,5)34-28-42(33-17-16-18-35(49)27-33)46(51)45(29-34)50-43-30-38(52(6,7)36-19-12-10-13-20-36)23-25-40(43)41-26-24-39(31-44(41)50)53(8,9)37-21-14-11-15-22-37/h10-31,51H,32H2,1-9H3. The Labute approximate surface area is 317 Å². The third-order valence-electron chi connectivity index (χ3n) is 11.4. The summed E-state index contributed by atoms with van der Waals surface area (Å²) < 4.78 is 17.1. The third-order valence-corrected chi connectivity index (χ3v) is 18.5. The van der Waals surface area contributed by atoms with Crippen molar-refractivity contribution in [3.63, 3.8) is 0 Å². The molecule has 7 aromatic rings. The van der Waals surface area contributed by atoms with Gasteiger partial charge in [-0.05, 0) is 64.8 Å². The quantitative estimate of drug-likeness (QED) is 0.155. The van der Waals surface area contributed by atoms with Crippen molar-refractivity contribution in [1.82, 2.24) is 4.57 Å². The fourth-order valence-electron chi connectivity index (χ4n) is 8.58. The number of benzene rings is 6. The monoisotopic (exact) mass is 733 g/mol. The molecule has 1 N–H and O–H groups in total. The molecule has 0 atom stereocenters. The lowest BCUT2D eigenvalue weighted by Gasteiger charge is -2.34. The Morgan fingerprint density at radius 3 is 1.55 bits per heavy atom. The summed E-state index contributed by atoms with van der Waals surface area (Å²) in [5, 5.41) is 20.2. The molecule has 0 saturated heterocycles. The summed E-state index contributed by atoms with van der Waals surface area (Å²) in [7, 11) is -4.18. The van der Waals surface area contributed by atoms with Crippen LogP contribution in [-0.2, 0) is 5.41 Å². The number of hydrogen-bond acceptors (Lipinski definition) is 1. The molecule has 1 heterocycles. The van der Waals surface area contributed by atoms with Crippen LogP contribution in [0.1, 0.15) is 46.6 Å². The van der Waals surface area contributed by atoms with Gasteiger partial charge in [0.15, 0.2) is 0 Å². The fourth-order valence-corrected chi connectivity index (χ4v) is 13.3. The average molecular weight is 734 g/mol. The zero-order valence-corrected chi connectivity index (χ0v) is 34.7. The number of hydrogen-bond donors (Lipinski definition) is 1. The Kier molecular flexibility index (Phi) is 9.19. The van der Waals surface area contributed by atoms with Crippen molar-refractivity contribution in [1.29, 1.82) is 0 Å². The van der Waals surface area contributed by atoms with E-state index in [1.54, 1.807) is 6.07 Å². The Balaban J connectivity index is 1.59. The van der Waals surface area contributed by atoms with Gasteiger partial charge < -0.3 is 9.67 Å². The lowest BCUT2D eigenvalue weighted by Crippen LogP contribution is -2.52. The Morgan fingerprint density at radius 2 is 1.08 bits per heavy atom. The lowest BCUT2D eigenvalue weighted by molar-refractivity contribution is 0.284. The van der Waals surface area contributed by atoms with E-state index in [4.69, 9.17) is 0 Å². The summed E-state index contributed by atoms with van der Waals surface area (Å²) in [5.41, 5.74) is 5.10. The van der Waals surface area contributed by atoms with Gasteiger partial charge in [-0.3, -0.25) is 0 Å². The van der Waals surface area contributed by atoms with E-state index in [2.05, 4.69) is 175 Å². The van der Waals surface area contributed by atoms with Gasteiger partial charge in [0.2, 0.25) is 0 Å². The maximum atomic E-state index is 14.8. The van der Waals surface area contributed by atoms with Crippen molar-refractivity contribution in [3.8, 4) is 22.6 Å². The Hall–Kier alpha value is -4.72. The molecule has 5 heteroatoms. The first kappa shape index (κ1) is 36.6. The summed E-state index contributed by atoms with van der Waals surface area (Å²) in [6.45, 7) is 21.1. The molecule has 270 valence electrons. The molecule has 0 saturated carbocycles. The number of phenolic OH excluding ortho intramolecular Hbond substituents is 1. The van der Waals surface area contributed by atoms with Crippen LogP contribution in [0.5, 0.6) is 5.75 Å². The first-order valence-corrected chi connectivity index (χ1v) is 24.8. The smallest absolute Gasteiger partial charge is 0.147 e. The van der Waals surface area contributed by atoms with Crippen LogP contribution in [0.25, 0.3) is 38.6 Å². The molecule has 0 aliphatic carbocycles. The highest BCUT2D eigenvalue weighted by molar-refractivity contribution is 7.01. The lowest BCUT2D eigenvalue weighted by atomic mass is 9.71. The van der Waals surface area contributed by atoms with E-state index >= 15 is 0 Å². The van der Waals surface area contributed by atoms with Gasteiger partial charge >= 0.3 is 0 Å². The van der Waals surface area contributed by atoms with Crippen LogP contribution in [0.15, 0.2) is 133 Å². The topological polar surface area (TPSA) is 25.2 Å². The molecule has 0 radical (unpaired) electrons. The summed E-state index contributed by atoms with van der Waals surface area (Å²) in [4.78, 5) is 0. The highest BCUT2D eigenvalue weighted by atomic mass is 28.3. The second-order valence-electron chi connectivity index (χ2n) is 17.8. The van der Waals surface area contributed by atoms with E-state index in [1.165, 1.54) is 32.9 Å². The second-order valence-corrected chi connectivity index (χ2v) is 26.6.